The minimum atomic E-state index is -0.267. The fraction of sp³-hybridized carbons (Fsp3) is 0.167. The number of benzene rings is 1. The van der Waals surface area contributed by atoms with Crippen molar-refractivity contribution in [3.8, 4) is 11.4 Å². The van der Waals surface area contributed by atoms with Crippen LogP contribution in [0.1, 0.15) is 10.5 Å². The highest BCUT2D eigenvalue weighted by Crippen LogP contribution is 2.18. The lowest BCUT2D eigenvalue weighted by Crippen LogP contribution is -2.19. The molecule has 0 unspecified atom stereocenters. The van der Waals surface area contributed by atoms with Crippen LogP contribution >= 0.6 is 0 Å². The van der Waals surface area contributed by atoms with Gasteiger partial charge in [-0.15, -0.1) is 0 Å². The second-order valence-corrected chi connectivity index (χ2v) is 3.41. The molecule has 0 radical (unpaired) electrons. The fourth-order valence-corrected chi connectivity index (χ4v) is 1.50. The van der Waals surface area contributed by atoms with Gasteiger partial charge in [0.25, 0.3) is 5.91 Å². The predicted octanol–water partition coefficient (Wildman–Crippen LogP) is 1.24. The summed E-state index contributed by atoms with van der Waals surface area (Å²) >= 11 is 0. The molecule has 0 aliphatic carbocycles. The lowest BCUT2D eigenvalue weighted by molar-refractivity contribution is 0.0955. The van der Waals surface area contributed by atoms with Crippen molar-refractivity contribution in [3.05, 3.63) is 42.2 Å². The number of aromatic nitrogens is 2. The van der Waals surface area contributed by atoms with Crippen molar-refractivity contribution in [1.29, 1.82) is 0 Å². The minimum Gasteiger partial charge on any atom is -0.493 e. The lowest BCUT2D eigenvalue weighted by Gasteiger charge is -1.98. The molecule has 0 spiro atoms. The number of hydrogen-bond donors (Lipinski definition) is 1. The van der Waals surface area contributed by atoms with Gasteiger partial charge in [0.05, 0.1) is 19.0 Å². The third kappa shape index (κ3) is 2.13. The van der Waals surface area contributed by atoms with E-state index in [2.05, 4.69) is 10.4 Å². The number of carbonyl (C=O) groups excluding carboxylic acids is 1. The summed E-state index contributed by atoms with van der Waals surface area (Å²) in [5.74, 6) is 0.185. The zero-order valence-corrected chi connectivity index (χ0v) is 9.68. The van der Waals surface area contributed by atoms with Gasteiger partial charge in [-0.1, -0.05) is 18.2 Å². The van der Waals surface area contributed by atoms with Gasteiger partial charge in [-0.05, 0) is 12.1 Å². The number of methoxy groups -OCH3 is 1. The first-order valence-corrected chi connectivity index (χ1v) is 5.17. The summed E-state index contributed by atoms with van der Waals surface area (Å²) in [6.07, 6.45) is 1.68. The molecule has 2 aromatic rings. The number of amides is 1. The Bertz CT molecular complexity index is 520. The Kier molecular flexibility index (Phi) is 3.09. The van der Waals surface area contributed by atoms with E-state index < -0.39 is 0 Å². The van der Waals surface area contributed by atoms with E-state index in [1.54, 1.807) is 17.9 Å². The van der Waals surface area contributed by atoms with Gasteiger partial charge in [0.1, 0.15) is 0 Å². The molecule has 0 saturated carbocycles. The third-order valence-corrected chi connectivity index (χ3v) is 2.36. The normalized spacial score (nSPS) is 10.0. The molecular weight excluding hydrogens is 218 g/mol. The number of hydrogen-bond acceptors (Lipinski definition) is 3. The summed E-state index contributed by atoms with van der Waals surface area (Å²) in [5.41, 5.74) is 1.15. The van der Waals surface area contributed by atoms with Crippen molar-refractivity contribution < 1.29 is 9.53 Å². The van der Waals surface area contributed by atoms with Crippen LogP contribution in [0.4, 0.5) is 0 Å². The van der Waals surface area contributed by atoms with Crippen LogP contribution in [-0.2, 0) is 0 Å². The smallest absolute Gasteiger partial charge is 0.275 e. The van der Waals surface area contributed by atoms with Crippen LogP contribution < -0.4 is 10.1 Å². The standard InChI is InChI=1S/C12H13N3O2/c1-13-12(16)11-10(17-2)8-15(14-11)9-6-4-3-5-7-9/h3-8H,1-2H3,(H,13,16). The number of para-hydroxylation sites is 1. The van der Waals surface area contributed by atoms with Crippen molar-refractivity contribution in [2.24, 2.45) is 0 Å². The van der Waals surface area contributed by atoms with Crippen LogP contribution in [0.25, 0.3) is 5.69 Å². The third-order valence-electron chi connectivity index (χ3n) is 2.36. The molecule has 1 amide bonds. The summed E-state index contributed by atoms with van der Waals surface area (Å²) in [5, 5.41) is 6.73. The van der Waals surface area contributed by atoms with E-state index in [0.29, 0.717) is 5.75 Å². The van der Waals surface area contributed by atoms with Gasteiger partial charge < -0.3 is 10.1 Å². The van der Waals surface area contributed by atoms with Gasteiger partial charge in [0.2, 0.25) is 0 Å². The van der Waals surface area contributed by atoms with Gasteiger partial charge >= 0.3 is 0 Å². The summed E-state index contributed by atoms with van der Waals surface area (Å²) < 4.78 is 6.74. The van der Waals surface area contributed by atoms with Crippen LogP contribution in [0, 0.1) is 0 Å². The molecule has 17 heavy (non-hydrogen) atoms. The molecule has 1 heterocycles. The fourth-order valence-electron chi connectivity index (χ4n) is 1.50. The van der Waals surface area contributed by atoms with Crippen LogP contribution in [0.2, 0.25) is 0 Å². The van der Waals surface area contributed by atoms with E-state index in [4.69, 9.17) is 4.74 Å². The van der Waals surface area contributed by atoms with Gasteiger partial charge in [0.15, 0.2) is 11.4 Å². The molecule has 5 heteroatoms. The van der Waals surface area contributed by atoms with Crippen molar-refractivity contribution in [2.45, 2.75) is 0 Å². The van der Waals surface area contributed by atoms with Crippen LogP contribution in [0.3, 0.4) is 0 Å². The molecule has 2 rings (SSSR count). The first-order chi connectivity index (χ1) is 8.26. The molecule has 0 bridgehead atoms. The minimum absolute atomic E-state index is 0.267. The zero-order valence-electron chi connectivity index (χ0n) is 9.68. The summed E-state index contributed by atoms with van der Waals surface area (Å²) in [6.45, 7) is 0. The van der Waals surface area contributed by atoms with Gasteiger partial charge in [-0.25, -0.2) is 4.68 Å². The highest BCUT2D eigenvalue weighted by atomic mass is 16.5. The Morgan fingerprint density at radius 1 is 1.35 bits per heavy atom. The largest absolute Gasteiger partial charge is 0.493 e. The van der Waals surface area contributed by atoms with Gasteiger partial charge in [-0.3, -0.25) is 4.79 Å². The number of nitrogens with zero attached hydrogens (tertiary/aromatic N) is 2. The quantitative estimate of drug-likeness (QED) is 0.864. The van der Waals surface area contributed by atoms with E-state index in [-0.39, 0.29) is 11.6 Å². The van der Waals surface area contributed by atoms with E-state index in [9.17, 15) is 4.79 Å². The van der Waals surface area contributed by atoms with Crippen molar-refractivity contribution >= 4 is 5.91 Å². The Morgan fingerprint density at radius 2 is 2.06 bits per heavy atom. The first kappa shape index (κ1) is 11.2. The van der Waals surface area contributed by atoms with E-state index in [1.807, 2.05) is 30.3 Å². The maximum absolute atomic E-state index is 11.6. The SMILES string of the molecule is CNC(=O)c1nn(-c2ccccc2)cc1OC. The lowest BCUT2D eigenvalue weighted by atomic mass is 10.3. The topological polar surface area (TPSA) is 56.2 Å². The Hall–Kier alpha value is -2.30. The Balaban J connectivity index is 2.45. The molecule has 0 atom stereocenters. The second-order valence-electron chi connectivity index (χ2n) is 3.41. The molecule has 5 nitrogen and oxygen atoms in total. The Labute approximate surface area is 99.0 Å². The molecular formula is C12H13N3O2. The number of nitrogens with one attached hydrogen (secondary N) is 1. The highest BCUT2D eigenvalue weighted by Gasteiger charge is 2.16. The summed E-state index contributed by atoms with van der Waals surface area (Å²) in [7, 11) is 3.07. The maximum Gasteiger partial charge on any atom is 0.275 e. The van der Waals surface area contributed by atoms with Crippen molar-refractivity contribution in [2.75, 3.05) is 14.2 Å². The molecule has 1 aromatic heterocycles. The average molecular weight is 231 g/mol. The van der Waals surface area contributed by atoms with E-state index in [0.717, 1.165) is 5.69 Å². The molecule has 0 aliphatic rings. The van der Waals surface area contributed by atoms with Crippen molar-refractivity contribution in [1.82, 2.24) is 15.1 Å². The first-order valence-electron chi connectivity index (χ1n) is 5.17. The molecule has 1 N–H and O–H groups in total. The predicted molar refractivity (Wildman–Crippen MR) is 63.5 cm³/mol. The van der Waals surface area contributed by atoms with E-state index >= 15 is 0 Å². The van der Waals surface area contributed by atoms with Gasteiger partial charge in [0, 0.05) is 7.05 Å². The average Bonchev–Trinajstić information content (AvgIpc) is 2.83. The number of rotatable bonds is 3. The van der Waals surface area contributed by atoms with Crippen LogP contribution in [-0.4, -0.2) is 29.8 Å². The maximum atomic E-state index is 11.6. The molecule has 1 aromatic carbocycles. The second kappa shape index (κ2) is 4.69. The van der Waals surface area contributed by atoms with Crippen LogP contribution in [0.15, 0.2) is 36.5 Å². The van der Waals surface area contributed by atoms with Crippen LogP contribution in [0.5, 0.6) is 5.75 Å². The summed E-state index contributed by atoms with van der Waals surface area (Å²) in [6, 6.07) is 9.54. The molecule has 88 valence electrons. The molecule has 0 fully saturated rings. The number of ether oxygens (including phenoxy) is 1. The summed E-state index contributed by atoms with van der Waals surface area (Å²) in [4.78, 5) is 11.6. The monoisotopic (exact) mass is 231 g/mol. The molecule has 0 saturated heterocycles. The Morgan fingerprint density at radius 3 is 2.65 bits per heavy atom. The highest BCUT2D eigenvalue weighted by molar-refractivity contribution is 5.94. The zero-order chi connectivity index (χ0) is 12.3. The number of carbonyl (C=O) groups is 1. The van der Waals surface area contributed by atoms with Gasteiger partial charge in [-0.2, -0.15) is 5.10 Å². The van der Waals surface area contributed by atoms with E-state index in [1.165, 1.54) is 7.11 Å². The van der Waals surface area contributed by atoms with Crippen molar-refractivity contribution in [3.63, 3.8) is 0 Å². The molecule has 0 aliphatic heterocycles.